The minimum Gasteiger partial charge on any atom is -0.444 e. The van der Waals surface area contributed by atoms with E-state index in [1.807, 2.05) is 32.6 Å². The van der Waals surface area contributed by atoms with Crippen molar-refractivity contribution in [3.05, 3.63) is 12.4 Å². The SMILES string of the molecule is C[C@@H](NC(=O)OC(C)(C)C)C(=O)N1CCC[C@@H]1CSc1ncc(B2OC(C)(C)C(C)(C)O2)cn1. The topological polar surface area (TPSA) is 103 Å². The number of likely N-dealkylation sites (tertiary alicyclic amines) is 1. The number of alkyl carbamates (subject to hydrolysis) is 1. The van der Waals surface area contributed by atoms with E-state index in [-0.39, 0.29) is 11.9 Å². The fourth-order valence-corrected chi connectivity index (χ4v) is 4.71. The average molecular weight is 492 g/mol. The Hall–Kier alpha value is -1.85. The number of aromatic nitrogens is 2. The lowest BCUT2D eigenvalue weighted by Gasteiger charge is -2.32. The molecule has 3 rings (SSSR count). The molecule has 3 heterocycles. The lowest BCUT2D eigenvalue weighted by Crippen LogP contribution is -2.50. The molecule has 2 atom stereocenters. The summed E-state index contributed by atoms with van der Waals surface area (Å²) < 4.78 is 17.4. The molecule has 188 valence electrons. The van der Waals surface area contributed by atoms with Gasteiger partial charge >= 0.3 is 13.2 Å². The third-order valence-corrected chi connectivity index (χ3v) is 7.36. The summed E-state index contributed by atoms with van der Waals surface area (Å²) in [6, 6.07) is -0.595. The van der Waals surface area contributed by atoms with E-state index in [4.69, 9.17) is 14.0 Å². The molecule has 0 aromatic carbocycles. The van der Waals surface area contributed by atoms with Gasteiger partial charge in [0.1, 0.15) is 11.6 Å². The maximum Gasteiger partial charge on any atom is 0.498 e. The number of hydrogen-bond donors (Lipinski definition) is 1. The minimum absolute atomic E-state index is 0.0618. The van der Waals surface area contributed by atoms with E-state index in [0.717, 1.165) is 18.3 Å². The van der Waals surface area contributed by atoms with Crippen molar-refractivity contribution in [3.8, 4) is 0 Å². The lowest BCUT2D eigenvalue weighted by atomic mass is 9.81. The summed E-state index contributed by atoms with van der Waals surface area (Å²) in [4.78, 5) is 35.8. The Morgan fingerprint density at radius 1 is 1.24 bits per heavy atom. The number of rotatable bonds is 6. The first-order chi connectivity index (χ1) is 15.7. The van der Waals surface area contributed by atoms with Crippen LogP contribution in [0.3, 0.4) is 0 Å². The quantitative estimate of drug-likeness (QED) is 0.368. The molecule has 0 unspecified atom stereocenters. The number of carbonyl (C=O) groups is 2. The zero-order valence-corrected chi connectivity index (χ0v) is 22.3. The summed E-state index contributed by atoms with van der Waals surface area (Å²) in [5.41, 5.74) is -0.668. The van der Waals surface area contributed by atoms with Crippen molar-refractivity contribution in [1.82, 2.24) is 20.2 Å². The number of amides is 2. The maximum absolute atomic E-state index is 13.0. The van der Waals surface area contributed by atoms with Crippen molar-refractivity contribution in [2.45, 2.75) is 102 Å². The molecule has 2 fully saturated rings. The lowest BCUT2D eigenvalue weighted by molar-refractivity contribution is -0.133. The van der Waals surface area contributed by atoms with Crippen molar-refractivity contribution < 1.29 is 23.6 Å². The average Bonchev–Trinajstić information content (AvgIpc) is 3.26. The number of hydrogen-bond acceptors (Lipinski definition) is 8. The Labute approximate surface area is 207 Å². The van der Waals surface area contributed by atoms with E-state index in [1.165, 1.54) is 11.8 Å². The Bertz CT molecular complexity index is 874. The summed E-state index contributed by atoms with van der Waals surface area (Å²) in [6.45, 7) is 15.8. The fourth-order valence-electron chi connectivity index (χ4n) is 3.77. The van der Waals surface area contributed by atoms with Crippen LogP contribution in [0.1, 0.15) is 68.2 Å². The molecule has 1 aromatic rings. The summed E-state index contributed by atoms with van der Waals surface area (Å²) in [6.07, 6.45) is 4.72. The van der Waals surface area contributed by atoms with Crippen LogP contribution in [0.2, 0.25) is 0 Å². The molecule has 2 aliphatic rings. The molecule has 0 spiro atoms. The van der Waals surface area contributed by atoms with Gasteiger partial charge in [0.15, 0.2) is 5.16 Å². The van der Waals surface area contributed by atoms with Gasteiger partial charge in [-0.25, -0.2) is 14.8 Å². The molecule has 9 nitrogen and oxygen atoms in total. The second kappa shape index (κ2) is 10.0. The monoisotopic (exact) mass is 492 g/mol. The van der Waals surface area contributed by atoms with Crippen LogP contribution in [0, 0.1) is 0 Å². The van der Waals surface area contributed by atoms with Gasteiger partial charge in [-0.3, -0.25) is 4.79 Å². The second-order valence-electron chi connectivity index (χ2n) is 10.9. The van der Waals surface area contributed by atoms with Gasteiger partial charge in [-0.05, 0) is 68.2 Å². The van der Waals surface area contributed by atoms with E-state index >= 15 is 0 Å². The maximum atomic E-state index is 13.0. The molecule has 2 aliphatic heterocycles. The van der Waals surface area contributed by atoms with E-state index < -0.39 is 36.1 Å². The molecule has 2 amide bonds. The highest BCUT2D eigenvalue weighted by molar-refractivity contribution is 7.99. The number of nitrogens with zero attached hydrogens (tertiary/aromatic N) is 3. The molecule has 0 radical (unpaired) electrons. The standard InChI is InChI=1S/C23H37BN4O5S/c1-15(27-20(30)31-21(2,3)4)18(29)28-11-9-10-17(28)14-34-19-25-12-16(13-26-19)24-32-22(5,6)23(7,8)33-24/h12-13,15,17H,9-11,14H2,1-8H3,(H,27,30)/t15-,17-/m1/s1. The van der Waals surface area contributed by atoms with Crippen LogP contribution in [-0.4, -0.2) is 75.2 Å². The Kier molecular flexibility index (Phi) is 7.89. The van der Waals surface area contributed by atoms with Crippen molar-refractivity contribution in [3.63, 3.8) is 0 Å². The third kappa shape index (κ3) is 6.43. The highest BCUT2D eigenvalue weighted by Gasteiger charge is 2.52. The van der Waals surface area contributed by atoms with Gasteiger partial charge < -0.3 is 24.3 Å². The third-order valence-electron chi connectivity index (χ3n) is 6.34. The largest absolute Gasteiger partial charge is 0.498 e. The summed E-state index contributed by atoms with van der Waals surface area (Å²) in [5.74, 6) is 0.576. The van der Waals surface area contributed by atoms with Crippen LogP contribution in [0.15, 0.2) is 17.6 Å². The summed E-state index contributed by atoms with van der Waals surface area (Å²) >= 11 is 1.51. The zero-order chi connectivity index (χ0) is 25.3. The van der Waals surface area contributed by atoms with E-state index in [0.29, 0.717) is 17.5 Å². The van der Waals surface area contributed by atoms with E-state index in [9.17, 15) is 9.59 Å². The molecule has 1 aromatic heterocycles. The number of nitrogens with one attached hydrogen (secondary N) is 1. The van der Waals surface area contributed by atoms with Crippen LogP contribution in [0.4, 0.5) is 4.79 Å². The van der Waals surface area contributed by atoms with Gasteiger partial charge in [0, 0.05) is 36.2 Å². The minimum atomic E-state index is -0.657. The van der Waals surface area contributed by atoms with Gasteiger partial charge in [0.25, 0.3) is 0 Å². The van der Waals surface area contributed by atoms with Crippen LogP contribution < -0.4 is 10.8 Å². The smallest absolute Gasteiger partial charge is 0.444 e. The van der Waals surface area contributed by atoms with Crippen LogP contribution >= 0.6 is 11.8 Å². The summed E-state index contributed by atoms with van der Waals surface area (Å²) in [5, 5.41) is 3.28. The van der Waals surface area contributed by atoms with Gasteiger partial charge in [-0.15, -0.1) is 0 Å². The van der Waals surface area contributed by atoms with Crippen LogP contribution in [-0.2, 0) is 18.8 Å². The molecule has 0 bridgehead atoms. The number of carbonyl (C=O) groups excluding carboxylic acids is 2. The van der Waals surface area contributed by atoms with E-state index in [1.54, 1.807) is 40.1 Å². The Morgan fingerprint density at radius 3 is 2.38 bits per heavy atom. The Balaban J connectivity index is 1.53. The van der Waals surface area contributed by atoms with E-state index in [2.05, 4.69) is 15.3 Å². The first-order valence-corrected chi connectivity index (χ1v) is 12.8. The molecular formula is C23H37BN4O5S. The second-order valence-corrected chi connectivity index (χ2v) is 11.9. The zero-order valence-electron chi connectivity index (χ0n) is 21.5. The highest BCUT2D eigenvalue weighted by atomic mass is 32.2. The van der Waals surface area contributed by atoms with Gasteiger partial charge in [-0.1, -0.05) is 11.8 Å². The van der Waals surface area contributed by atoms with Gasteiger partial charge in [0.2, 0.25) is 5.91 Å². The molecule has 11 heteroatoms. The van der Waals surface area contributed by atoms with Crippen molar-refractivity contribution in [1.29, 1.82) is 0 Å². The van der Waals surface area contributed by atoms with Crippen LogP contribution in [0.5, 0.6) is 0 Å². The molecule has 0 aliphatic carbocycles. The van der Waals surface area contributed by atoms with Crippen molar-refractivity contribution in [2.75, 3.05) is 12.3 Å². The highest BCUT2D eigenvalue weighted by Crippen LogP contribution is 2.36. The molecule has 1 N–H and O–H groups in total. The fraction of sp³-hybridized carbons (Fsp3) is 0.739. The molecule has 0 saturated carbocycles. The molecular weight excluding hydrogens is 455 g/mol. The van der Waals surface area contributed by atoms with Crippen molar-refractivity contribution in [2.24, 2.45) is 0 Å². The van der Waals surface area contributed by atoms with Crippen molar-refractivity contribution >= 4 is 36.3 Å². The first-order valence-electron chi connectivity index (χ1n) is 11.8. The summed E-state index contributed by atoms with van der Waals surface area (Å²) in [7, 11) is -0.494. The number of thioether (sulfide) groups is 1. The molecule has 34 heavy (non-hydrogen) atoms. The predicted octanol–water partition coefficient (Wildman–Crippen LogP) is 2.77. The predicted molar refractivity (Wildman–Crippen MR) is 132 cm³/mol. The first kappa shape index (κ1) is 26.8. The Morgan fingerprint density at radius 2 is 1.82 bits per heavy atom. The van der Waals surface area contributed by atoms with Gasteiger partial charge in [0.05, 0.1) is 11.2 Å². The normalized spacial score (nSPS) is 22.5. The van der Waals surface area contributed by atoms with Crippen LogP contribution in [0.25, 0.3) is 0 Å². The molecule has 2 saturated heterocycles. The number of ether oxygens (including phenoxy) is 1. The van der Waals surface area contributed by atoms with Gasteiger partial charge in [-0.2, -0.15) is 0 Å².